The van der Waals surface area contributed by atoms with Crippen LogP contribution in [0.25, 0.3) is 5.76 Å². The van der Waals surface area contributed by atoms with E-state index in [-0.39, 0.29) is 24.5 Å². The van der Waals surface area contributed by atoms with Gasteiger partial charge in [0.05, 0.1) is 24.8 Å². The molecule has 7 heteroatoms. The van der Waals surface area contributed by atoms with Crippen LogP contribution in [-0.4, -0.2) is 53.5 Å². The molecule has 2 heterocycles. The third-order valence-electron chi connectivity index (χ3n) is 5.28. The van der Waals surface area contributed by atoms with Gasteiger partial charge in [0.2, 0.25) is 0 Å². The first-order chi connectivity index (χ1) is 15.0. The Morgan fingerprint density at radius 3 is 2.68 bits per heavy atom. The van der Waals surface area contributed by atoms with Gasteiger partial charge in [-0.2, -0.15) is 0 Å². The lowest BCUT2D eigenvalue weighted by molar-refractivity contribution is -0.140. The summed E-state index contributed by atoms with van der Waals surface area (Å²) in [5.74, 6) is -0.864. The molecule has 31 heavy (non-hydrogen) atoms. The molecular weight excluding hydrogens is 396 g/mol. The van der Waals surface area contributed by atoms with Crippen LogP contribution in [0.5, 0.6) is 5.75 Å². The zero-order valence-electron chi connectivity index (χ0n) is 18.1. The molecule has 1 aliphatic rings. The van der Waals surface area contributed by atoms with Crippen molar-refractivity contribution >= 4 is 17.4 Å². The molecule has 1 N–H and O–H groups in total. The highest BCUT2D eigenvalue weighted by molar-refractivity contribution is 6.46. The first-order valence-corrected chi connectivity index (χ1v) is 10.4. The highest BCUT2D eigenvalue weighted by atomic mass is 16.5. The van der Waals surface area contributed by atoms with Gasteiger partial charge in [-0.25, -0.2) is 0 Å². The van der Waals surface area contributed by atoms with E-state index >= 15 is 0 Å². The van der Waals surface area contributed by atoms with Crippen molar-refractivity contribution in [2.45, 2.75) is 32.7 Å². The van der Waals surface area contributed by atoms with Gasteiger partial charge < -0.3 is 19.5 Å². The van der Waals surface area contributed by atoms with E-state index < -0.39 is 17.7 Å². The number of Topliss-reactive ketones (excluding diaryl/α,β-unsaturated/α-hetero) is 1. The van der Waals surface area contributed by atoms with Crippen molar-refractivity contribution in [1.82, 2.24) is 9.88 Å². The maximum Gasteiger partial charge on any atom is 0.295 e. The molecule has 1 aliphatic heterocycles. The van der Waals surface area contributed by atoms with Crippen LogP contribution in [-0.2, 0) is 14.3 Å². The van der Waals surface area contributed by atoms with Crippen LogP contribution >= 0.6 is 0 Å². The van der Waals surface area contributed by atoms with Gasteiger partial charge in [-0.15, -0.1) is 0 Å². The van der Waals surface area contributed by atoms with Gasteiger partial charge in [0.15, 0.2) is 0 Å². The summed E-state index contributed by atoms with van der Waals surface area (Å²) in [6, 6.07) is 8.03. The molecule has 7 nitrogen and oxygen atoms in total. The number of unbranched alkanes of at least 4 members (excludes halogenated alkanes) is 1. The Labute approximate surface area is 182 Å². The number of rotatable bonds is 9. The number of methoxy groups -OCH3 is 1. The maximum absolute atomic E-state index is 12.9. The van der Waals surface area contributed by atoms with Crippen molar-refractivity contribution in [3.63, 3.8) is 0 Å². The SMILES string of the molecule is CCCCOc1ccc(C(O)=C2C(=O)C(=O)N(CCOC)[C@@H]2c2cccnc2)cc1C. The van der Waals surface area contributed by atoms with Crippen molar-refractivity contribution in [1.29, 1.82) is 0 Å². The molecule has 3 rings (SSSR count). The van der Waals surface area contributed by atoms with Crippen molar-refractivity contribution in [2.24, 2.45) is 0 Å². The van der Waals surface area contributed by atoms with Crippen molar-refractivity contribution in [2.75, 3.05) is 26.9 Å². The molecule has 2 aromatic rings. The molecule has 0 aliphatic carbocycles. The topological polar surface area (TPSA) is 89.0 Å². The minimum atomic E-state index is -0.732. The van der Waals surface area contributed by atoms with Gasteiger partial charge in [0, 0.05) is 31.6 Å². The number of carbonyl (C=O) groups is 2. The number of carbonyl (C=O) groups excluding carboxylic acids is 2. The smallest absolute Gasteiger partial charge is 0.295 e. The van der Waals surface area contributed by atoms with Crippen LogP contribution < -0.4 is 4.74 Å². The van der Waals surface area contributed by atoms with Crippen molar-refractivity contribution < 1.29 is 24.2 Å². The number of hydrogen-bond donors (Lipinski definition) is 1. The first kappa shape index (κ1) is 22.5. The number of aromatic nitrogens is 1. The highest BCUT2D eigenvalue weighted by Gasteiger charge is 2.46. The third kappa shape index (κ3) is 4.77. The average molecular weight is 424 g/mol. The predicted octanol–water partition coefficient (Wildman–Crippen LogP) is 3.64. The zero-order chi connectivity index (χ0) is 22.4. The molecule has 1 fully saturated rings. The van der Waals surface area contributed by atoms with Crippen molar-refractivity contribution in [3.05, 3.63) is 65.0 Å². The van der Waals surface area contributed by atoms with Gasteiger partial charge in [0.1, 0.15) is 11.5 Å². The molecule has 1 amide bonds. The number of likely N-dealkylation sites (tertiary alicyclic amines) is 1. The summed E-state index contributed by atoms with van der Waals surface area (Å²) in [4.78, 5) is 31.2. The van der Waals surface area contributed by atoms with E-state index in [1.54, 1.807) is 42.7 Å². The number of aliphatic hydroxyl groups excluding tert-OH is 1. The minimum Gasteiger partial charge on any atom is -0.507 e. The predicted molar refractivity (Wildman–Crippen MR) is 117 cm³/mol. The van der Waals surface area contributed by atoms with E-state index in [1.807, 2.05) is 6.92 Å². The lowest BCUT2D eigenvalue weighted by atomic mass is 9.95. The molecule has 0 saturated carbocycles. The number of pyridine rings is 1. The standard InChI is InChI=1S/C24H28N2O5/c1-4-5-12-31-19-9-8-17(14-16(19)2)22(27)20-21(18-7-6-10-25-15-18)26(11-13-30-3)24(29)23(20)28/h6-10,14-15,21,27H,4-5,11-13H2,1-3H3/t21-/m1/s1. The third-order valence-corrected chi connectivity index (χ3v) is 5.28. The van der Waals surface area contributed by atoms with Gasteiger partial charge in [-0.05, 0) is 48.7 Å². The molecule has 1 atom stereocenters. The second-order valence-corrected chi connectivity index (χ2v) is 7.45. The molecule has 1 saturated heterocycles. The normalized spacial score (nSPS) is 17.9. The first-order valence-electron chi connectivity index (χ1n) is 10.4. The molecule has 0 radical (unpaired) electrons. The monoisotopic (exact) mass is 424 g/mol. The minimum absolute atomic E-state index is 0.0492. The van der Waals surface area contributed by atoms with E-state index in [0.717, 1.165) is 24.2 Å². The van der Waals surface area contributed by atoms with Crippen molar-refractivity contribution in [3.8, 4) is 5.75 Å². The lowest BCUT2D eigenvalue weighted by Crippen LogP contribution is -2.32. The molecule has 164 valence electrons. The number of amides is 1. The van der Waals surface area contributed by atoms with Gasteiger partial charge in [-0.3, -0.25) is 14.6 Å². The summed E-state index contributed by atoms with van der Waals surface area (Å²) in [5.41, 5.74) is 1.99. The van der Waals surface area contributed by atoms with E-state index in [1.165, 1.54) is 12.0 Å². The molecule has 1 aromatic carbocycles. The Bertz CT molecular complexity index is 971. The van der Waals surface area contributed by atoms with Crippen LogP contribution in [0.15, 0.2) is 48.3 Å². The second-order valence-electron chi connectivity index (χ2n) is 7.45. The summed E-state index contributed by atoms with van der Waals surface area (Å²) in [6.07, 6.45) is 5.21. The van der Waals surface area contributed by atoms with E-state index in [2.05, 4.69) is 11.9 Å². The Morgan fingerprint density at radius 2 is 2.03 bits per heavy atom. The zero-order valence-corrected chi connectivity index (χ0v) is 18.1. The van der Waals surface area contributed by atoms with E-state index in [4.69, 9.17) is 9.47 Å². The number of aryl methyl sites for hydroxylation is 1. The number of ether oxygens (including phenoxy) is 2. The summed E-state index contributed by atoms with van der Waals surface area (Å²) in [5, 5.41) is 11.1. The average Bonchev–Trinajstić information content (AvgIpc) is 3.03. The Morgan fingerprint density at radius 1 is 1.23 bits per heavy atom. The number of nitrogens with zero attached hydrogens (tertiary/aromatic N) is 2. The van der Waals surface area contributed by atoms with Crippen LogP contribution in [0.3, 0.4) is 0 Å². The van der Waals surface area contributed by atoms with Crippen LogP contribution in [0.2, 0.25) is 0 Å². The van der Waals surface area contributed by atoms with Crippen LogP contribution in [0, 0.1) is 6.92 Å². The largest absolute Gasteiger partial charge is 0.507 e. The molecule has 0 spiro atoms. The van der Waals surface area contributed by atoms with Crippen LogP contribution in [0.4, 0.5) is 0 Å². The summed E-state index contributed by atoms with van der Waals surface area (Å²) in [7, 11) is 1.53. The molecular formula is C24H28N2O5. The van der Waals surface area contributed by atoms with Gasteiger partial charge in [-0.1, -0.05) is 19.4 Å². The number of benzene rings is 1. The van der Waals surface area contributed by atoms with E-state index in [0.29, 0.717) is 17.7 Å². The number of ketones is 1. The second kappa shape index (κ2) is 10.2. The quantitative estimate of drug-likeness (QED) is 0.286. The maximum atomic E-state index is 12.9. The fourth-order valence-electron chi connectivity index (χ4n) is 3.63. The summed E-state index contributed by atoms with van der Waals surface area (Å²) >= 11 is 0. The Hall–Kier alpha value is -3.19. The summed E-state index contributed by atoms with van der Waals surface area (Å²) < 4.78 is 10.9. The molecule has 0 unspecified atom stereocenters. The van der Waals surface area contributed by atoms with Gasteiger partial charge >= 0.3 is 0 Å². The number of hydrogen-bond acceptors (Lipinski definition) is 6. The number of aliphatic hydroxyl groups is 1. The van der Waals surface area contributed by atoms with E-state index in [9.17, 15) is 14.7 Å². The Balaban J connectivity index is 2.03. The van der Waals surface area contributed by atoms with Crippen LogP contribution in [0.1, 0.15) is 42.5 Å². The highest BCUT2D eigenvalue weighted by Crippen LogP contribution is 2.39. The molecule has 1 aromatic heterocycles. The lowest BCUT2D eigenvalue weighted by Gasteiger charge is -2.24. The molecule has 0 bridgehead atoms. The summed E-state index contributed by atoms with van der Waals surface area (Å²) in [6.45, 7) is 5.09. The Kier molecular flexibility index (Phi) is 7.41. The fourth-order valence-corrected chi connectivity index (χ4v) is 3.63. The van der Waals surface area contributed by atoms with Gasteiger partial charge in [0.25, 0.3) is 11.7 Å². The fraction of sp³-hybridized carbons (Fsp3) is 0.375.